The van der Waals surface area contributed by atoms with E-state index in [0.29, 0.717) is 24.5 Å². The van der Waals surface area contributed by atoms with Crippen molar-refractivity contribution < 1.29 is 9.26 Å². The van der Waals surface area contributed by atoms with Gasteiger partial charge in [-0.25, -0.2) is 0 Å². The molecular weight excluding hydrogens is 268 g/mol. The van der Waals surface area contributed by atoms with Gasteiger partial charge in [0.2, 0.25) is 0 Å². The molecule has 2 heterocycles. The Kier molecular flexibility index (Phi) is 4.87. The number of ether oxygens (including phenoxy) is 1. The Labute approximate surface area is 126 Å². The van der Waals surface area contributed by atoms with Gasteiger partial charge in [-0.15, -0.1) is 0 Å². The molecule has 1 aliphatic heterocycles. The van der Waals surface area contributed by atoms with E-state index in [1.54, 1.807) is 0 Å². The molecule has 1 saturated carbocycles. The molecule has 0 radical (unpaired) electrons. The van der Waals surface area contributed by atoms with Crippen LogP contribution in [0.25, 0.3) is 0 Å². The van der Waals surface area contributed by atoms with Crippen molar-refractivity contribution in [3.05, 3.63) is 11.7 Å². The number of hydrogen-bond donors (Lipinski definition) is 1. The molecule has 0 bridgehead atoms. The first kappa shape index (κ1) is 14.9. The summed E-state index contributed by atoms with van der Waals surface area (Å²) in [5.41, 5.74) is 0. The van der Waals surface area contributed by atoms with Crippen molar-refractivity contribution in [2.75, 3.05) is 26.7 Å². The highest BCUT2D eigenvalue weighted by atomic mass is 16.5. The maximum absolute atomic E-state index is 5.98. The molecule has 6 heteroatoms. The Bertz CT molecular complexity index is 451. The molecule has 2 aliphatic rings. The summed E-state index contributed by atoms with van der Waals surface area (Å²) in [6.45, 7) is 5.60. The van der Waals surface area contributed by atoms with E-state index in [1.165, 1.54) is 19.3 Å². The van der Waals surface area contributed by atoms with Gasteiger partial charge in [-0.3, -0.25) is 4.90 Å². The first-order chi connectivity index (χ1) is 10.2. The minimum Gasteiger partial charge on any atom is -0.368 e. The van der Waals surface area contributed by atoms with Gasteiger partial charge >= 0.3 is 0 Å². The summed E-state index contributed by atoms with van der Waals surface area (Å²) >= 11 is 0. The van der Waals surface area contributed by atoms with Gasteiger partial charge in [-0.05, 0) is 25.8 Å². The van der Waals surface area contributed by atoms with Crippen LogP contribution in [-0.4, -0.2) is 47.8 Å². The van der Waals surface area contributed by atoms with E-state index < -0.39 is 0 Å². The molecule has 6 nitrogen and oxygen atoms in total. The van der Waals surface area contributed by atoms with E-state index in [4.69, 9.17) is 9.26 Å². The van der Waals surface area contributed by atoms with Gasteiger partial charge in [0.05, 0.1) is 12.1 Å². The second-order valence-electron chi connectivity index (χ2n) is 6.36. The molecule has 0 amide bonds. The van der Waals surface area contributed by atoms with E-state index in [2.05, 4.69) is 34.3 Å². The lowest BCUT2D eigenvalue weighted by Crippen LogP contribution is -2.44. The van der Waals surface area contributed by atoms with Gasteiger partial charge in [0, 0.05) is 19.6 Å². The zero-order valence-electron chi connectivity index (χ0n) is 13.0. The molecule has 3 unspecified atom stereocenters. The van der Waals surface area contributed by atoms with Crippen LogP contribution in [0.15, 0.2) is 4.52 Å². The molecule has 2 fully saturated rings. The molecule has 1 saturated heterocycles. The molecule has 3 atom stereocenters. The summed E-state index contributed by atoms with van der Waals surface area (Å²) in [5.74, 6) is 2.00. The molecule has 1 N–H and O–H groups in total. The Morgan fingerprint density at radius 1 is 1.38 bits per heavy atom. The SMILES string of the molecule is CC1CCCCC1OCc1nc(C2CNCCN2C)no1. The summed E-state index contributed by atoms with van der Waals surface area (Å²) in [6, 6.07) is 0.199. The van der Waals surface area contributed by atoms with Gasteiger partial charge < -0.3 is 14.6 Å². The van der Waals surface area contributed by atoms with Crippen LogP contribution in [0.4, 0.5) is 0 Å². The number of nitrogens with one attached hydrogen (secondary N) is 1. The maximum Gasteiger partial charge on any atom is 0.252 e. The lowest BCUT2D eigenvalue weighted by molar-refractivity contribution is -0.0252. The van der Waals surface area contributed by atoms with E-state index in [9.17, 15) is 0 Å². The molecule has 21 heavy (non-hydrogen) atoms. The first-order valence-corrected chi connectivity index (χ1v) is 8.09. The fourth-order valence-corrected chi connectivity index (χ4v) is 3.26. The van der Waals surface area contributed by atoms with Crippen LogP contribution in [0.2, 0.25) is 0 Å². The molecule has 1 aromatic heterocycles. The average Bonchev–Trinajstić information content (AvgIpc) is 2.96. The molecule has 1 aromatic rings. The second-order valence-corrected chi connectivity index (χ2v) is 6.36. The minimum atomic E-state index is 0.199. The third-order valence-corrected chi connectivity index (χ3v) is 4.75. The topological polar surface area (TPSA) is 63.4 Å². The van der Waals surface area contributed by atoms with Crippen molar-refractivity contribution in [1.82, 2.24) is 20.4 Å². The third-order valence-electron chi connectivity index (χ3n) is 4.75. The van der Waals surface area contributed by atoms with Gasteiger partial charge in [-0.1, -0.05) is 24.9 Å². The van der Waals surface area contributed by atoms with Gasteiger partial charge in [0.25, 0.3) is 5.89 Å². The molecule has 1 aliphatic carbocycles. The quantitative estimate of drug-likeness (QED) is 0.912. The van der Waals surface area contributed by atoms with Crippen LogP contribution in [0.5, 0.6) is 0 Å². The first-order valence-electron chi connectivity index (χ1n) is 8.09. The van der Waals surface area contributed by atoms with Gasteiger partial charge in [0.15, 0.2) is 5.82 Å². The predicted octanol–water partition coefficient (Wildman–Crippen LogP) is 1.74. The van der Waals surface area contributed by atoms with E-state index in [-0.39, 0.29) is 6.04 Å². The van der Waals surface area contributed by atoms with E-state index >= 15 is 0 Å². The molecule has 118 valence electrons. The lowest BCUT2D eigenvalue weighted by atomic mass is 9.88. The maximum atomic E-state index is 5.98. The van der Waals surface area contributed by atoms with E-state index in [0.717, 1.165) is 31.9 Å². The second kappa shape index (κ2) is 6.85. The normalized spacial score (nSPS) is 31.4. The van der Waals surface area contributed by atoms with E-state index in [1.807, 2.05) is 0 Å². The zero-order chi connectivity index (χ0) is 14.7. The van der Waals surface area contributed by atoms with Crippen molar-refractivity contribution in [3.63, 3.8) is 0 Å². The summed E-state index contributed by atoms with van der Waals surface area (Å²) < 4.78 is 11.3. The zero-order valence-corrected chi connectivity index (χ0v) is 13.0. The minimum absolute atomic E-state index is 0.199. The van der Waals surface area contributed by atoms with Crippen LogP contribution in [-0.2, 0) is 11.3 Å². The molecular formula is C15H26N4O2. The monoisotopic (exact) mass is 294 g/mol. The number of piperazine rings is 1. The highest BCUT2D eigenvalue weighted by molar-refractivity contribution is 4.97. The van der Waals surface area contributed by atoms with Crippen molar-refractivity contribution in [2.45, 2.75) is 51.4 Å². The number of rotatable bonds is 4. The smallest absolute Gasteiger partial charge is 0.252 e. The Hall–Kier alpha value is -0.980. The highest BCUT2D eigenvalue weighted by Crippen LogP contribution is 2.27. The summed E-state index contributed by atoms with van der Waals surface area (Å²) in [7, 11) is 2.10. The lowest BCUT2D eigenvalue weighted by Gasteiger charge is -2.30. The Morgan fingerprint density at radius 3 is 3.05 bits per heavy atom. The predicted molar refractivity (Wildman–Crippen MR) is 78.7 cm³/mol. The van der Waals surface area contributed by atoms with Crippen LogP contribution in [0.3, 0.4) is 0 Å². The Morgan fingerprint density at radius 2 is 2.24 bits per heavy atom. The van der Waals surface area contributed by atoms with Crippen molar-refractivity contribution >= 4 is 0 Å². The summed E-state index contributed by atoms with van der Waals surface area (Å²) in [6.07, 6.45) is 5.35. The number of likely N-dealkylation sites (N-methyl/N-ethyl adjacent to an activating group) is 1. The van der Waals surface area contributed by atoms with Gasteiger partial charge in [-0.2, -0.15) is 4.98 Å². The van der Waals surface area contributed by atoms with Crippen molar-refractivity contribution in [3.8, 4) is 0 Å². The van der Waals surface area contributed by atoms with Crippen LogP contribution < -0.4 is 5.32 Å². The summed E-state index contributed by atoms with van der Waals surface area (Å²) in [5, 5.41) is 7.49. The molecule has 0 aromatic carbocycles. The number of nitrogens with zero attached hydrogens (tertiary/aromatic N) is 3. The molecule has 3 rings (SSSR count). The van der Waals surface area contributed by atoms with Crippen LogP contribution in [0, 0.1) is 5.92 Å². The summed E-state index contributed by atoms with van der Waals surface area (Å²) in [4.78, 5) is 6.77. The van der Waals surface area contributed by atoms with Crippen molar-refractivity contribution in [2.24, 2.45) is 5.92 Å². The largest absolute Gasteiger partial charge is 0.368 e. The molecule has 0 spiro atoms. The highest BCUT2D eigenvalue weighted by Gasteiger charge is 2.26. The van der Waals surface area contributed by atoms with Crippen LogP contribution >= 0.6 is 0 Å². The third kappa shape index (κ3) is 3.62. The standard InChI is InChI=1S/C15H26N4O2/c1-11-5-3-4-6-13(11)20-10-14-17-15(18-21-14)12-9-16-7-8-19(12)2/h11-13,16H,3-10H2,1-2H3. The Balaban J connectivity index is 1.55. The fourth-order valence-electron chi connectivity index (χ4n) is 3.26. The average molecular weight is 294 g/mol. The number of aromatic nitrogens is 2. The van der Waals surface area contributed by atoms with Gasteiger partial charge in [0.1, 0.15) is 6.61 Å². The van der Waals surface area contributed by atoms with Crippen molar-refractivity contribution in [1.29, 1.82) is 0 Å². The van der Waals surface area contributed by atoms with Crippen LogP contribution in [0.1, 0.15) is 50.4 Å². The number of hydrogen-bond acceptors (Lipinski definition) is 6. The fraction of sp³-hybridized carbons (Fsp3) is 0.867.